The Hall–Kier alpha value is -2.43. The van der Waals surface area contributed by atoms with E-state index in [1.165, 1.54) is 35.6 Å². The number of amides is 1. The fraction of sp³-hybridized carbons (Fsp3) is 0.154. The van der Waals surface area contributed by atoms with Crippen LogP contribution in [0.2, 0.25) is 0 Å². The molecule has 0 fully saturated rings. The average Bonchev–Trinajstić information content (AvgIpc) is 2.81. The quantitative estimate of drug-likeness (QED) is 0.869. The Morgan fingerprint density at radius 3 is 2.50 bits per heavy atom. The average molecular weight is 247 g/mol. The summed E-state index contributed by atoms with van der Waals surface area (Å²) in [6.45, 7) is 0.336. The molecule has 1 heterocycles. The van der Waals surface area contributed by atoms with Crippen LogP contribution < -0.4 is 0 Å². The second-order valence-electron chi connectivity index (χ2n) is 3.96. The molecular weight excluding hydrogens is 234 g/mol. The lowest BCUT2D eigenvalue weighted by atomic mass is 10.1. The van der Waals surface area contributed by atoms with Crippen molar-refractivity contribution < 1.29 is 19.4 Å². The molecule has 1 aromatic heterocycles. The van der Waals surface area contributed by atoms with Gasteiger partial charge in [-0.15, -0.1) is 0 Å². The van der Waals surface area contributed by atoms with E-state index in [0.29, 0.717) is 6.54 Å². The maximum atomic E-state index is 12.1. The van der Waals surface area contributed by atoms with Crippen molar-refractivity contribution in [1.82, 2.24) is 4.90 Å². The fourth-order valence-corrected chi connectivity index (χ4v) is 1.67. The molecule has 0 aliphatic rings. The number of benzene rings is 1. The zero-order valence-electron chi connectivity index (χ0n) is 9.83. The lowest BCUT2D eigenvalue weighted by Crippen LogP contribution is -2.26. The molecule has 5 nitrogen and oxygen atoms in total. The third-order valence-corrected chi connectivity index (χ3v) is 2.58. The SMILES string of the molecule is CN(Cc1ccoc1)C(=O)c1c(O)cccc1O. The summed E-state index contributed by atoms with van der Waals surface area (Å²) in [4.78, 5) is 13.5. The number of furan rings is 1. The molecule has 0 spiro atoms. The molecule has 5 heteroatoms. The van der Waals surface area contributed by atoms with Crippen LogP contribution in [0, 0.1) is 0 Å². The van der Waals surface area contributed by atoms with Crippen LogP contribution in [0.15, 0.2) is 41.2 Å². The van der Waals surface area contributed by atoms with Crippen LogP contribution >= 0.6 is 0 Å². The molecule has 2 aromatic rings. The lowest BCUT2D eigenvalue weighted by molar-refractivity contribution is 0.0778. The number of phenols is 2. The van der Waals surface area contributed by atoms with Crippen LogP contribution in [0.4, 0.5) is 0 Å². The minimum absolute atomic E-state index is 0.0940. The summed E-state index contributed by atoms with van der Waals surface area (Å²) in [6, 6.07) is 5.93. The van der Waals surface area contributed by atoms with E-state index in [2.05, 4.69) is 0 Å². The van der Waals surface area contributed by atoms with Crippen molar-refractivity contribution in [3.05, 3.63) is 47.9 Å². The Morgan fingerprint density at radius 1 is 1.28 bits per heavy atom. The third kappa shape index (κ3) is 2.29. The summed E-state index contributed by atoms with van der Waals surface area (Å²) in [5, 5.41) is 19.2. The predicted molar refractivity (Wildman–Crippen MR) is 64.3 cm³/mol. The van der Waals surface area contributed by atoms with Crippen molar-refractivity contribution in [1.29, 1.82) is 0 Å². The Balaban J connectivity index is 2.21. The zero-order valence-corrected chi connectivity index (χ0v) is 9.83. The summed E-state index contributed by atoms with van der Waals surface area (Å²) >= 11 is 0. The Morgan fingerprint density at radius 2 is 1.94 bits per heavy atom. The number of nitrogens with zero attached hydrogens (tertiary/aromatic N) is 1. The molecule has 18 heavy (non-hydrogen) atoms. The highest BCUT2D eigenvalue weighted by Gasteiger charge is 2.20. The molecule has 0 bridgehead atoms. The molecule has 0 atom stereocenters. The van der Waals surface area contributed by atoms with Crippen molar-refractivity contribution in [3.8, 4) is 11.5 Å². The number of carbonyl (C=O) groups is 1. The van der Waals surface area contributed by atoms with Gasteiger partial charge in [0.05, 0.1) is 12.5 Å². The van der Waals surface area contributed by atoms with Crippen LogP contribution in [0.5, 0.6) is 11.5 Å². The van der Waals surface area contributed by atoms with E-state index in [1.807, 2.05) is 0 Å². The molecule has 1 aromatic carbocycles. The zero-order chi connectivity index (χ0) is 13.1. The summed E-state index contributed by atoms with van der Waals surface area (Å²) < 4.78 is 4.91. The van der Waals surface area contributed by atoms with Gasteiger partial charge in [0.15, 0.2) is 0 Å². The van der Waals surface area contributed by atoms with Gasteiger partial charge in [-0.05, 0) is 18.2 Å². The number of carbonyl (C=O) groups excluding carboxylic acids is 1. The van der Waals surface area contributed by atoms with Crippen LogP contribution in [0.1, 0.15) is 15.9 Å². The Bertz CT molecular complexity index is 528. The van der Waals surface area contributed by atoms with Crippen molar-refractivity contribution in [2.45, 2.75) is 6.54 Å². The van der Waals surface area contributed by atoms with Gasteiger partial charge in [0.2, 0.25) is 0 Å². The van der Waals surface area contributed by atoms with Gasteiger partial charge < -0.3 is 19.5 Å². The van der Waals surface area contributed by atoms with E-state index >= 15 is 0 Å². The Labute approximate surface area is 104 Å². The highest BCUT2D eigenvalue weighted by atomic mass is 16.3. The summed E-state index contributed by atoms with van der Waals surface area (Å²) in [6.07, 6.45) is 3.06. The molecule has 0 unspecified atom stereocenters. The van der Waals surface area contributed by atoms with Crippen molar-refractivity contribution in [2.75, 3.05) is 7.05 Å². The highest BCUT2D eigenvalue weighted by Crippen LogP contribution is 2.27. The first-order valence-corrected chi connectivity index (χ1v) is 5.37. The molecule has 0 saturated heterocycles. The number of phenolic OH excluding ortho intramolecular Hbond substituents is 2. The van der Waals surface area contributed by atoms with Crippen molar-refractivity contribution in [2.24, 2.45) is 0 Å². The normalized spacial score (nSPS) is 10.3. The lowest BCUT2D eigenvalue weighted by Gasteiger charge is -2.17. The van der Waals surface area contributed by atoms with Gasteiger partial charge in [0.1, 0.15) is 17.1 Å². The van der Waals surface area contributed by atoms with Crippen LogP contribution in [-0.2, 0) is 6.54 Å². The number of hydrogen-bond acceptors (Lipinski definition) is 4. The van der Waals surface area contributed by atoms with Crippen LogP contribution in [-0.4, -0.2) is 28.1 Å². The van der Waals surface area contributed by atoms with E-state index in [-0.39, 0.29) is 17.1 Å². The second-order valence-corrected chi connectivity index (χ2v) is 3.96. The van der Waals surface area contributed by atoms with Gasteiger partial charge in [-0.25, -0.2) is 0 Å². The monoisotopic (exact) mass is 247 g/mol. The van der Waals surface area contributed by atoms with Crippen molar-refractivity contribution >= 4 is 5.91 Å². The van der Waals surface area contributed by atoms with E-state index in [1.54, 1.807) is 13.1 Å². The molecule has 0 aliphatic heterocycles. The van der Waals surface area contributed by atoms with Gasteiger partial charge in [-0.2, -0.15) is 0 Å². The van der Waals surface area contributed by atoms with E-state index < -0.39 is 5.91 Å². The van der Waals surface area contributed by atoms with Crippen molar-refractivity contribution in [3.63, 3.8) is 0 Å². The fourth-order valence-electron chi connectivity index (χ4n) is 1.67. The summed E-state index contributed by atoms with van der Waals surface area (Å²) in [5.41, 5.74) is 0.740. The number of aromatic hydroxyl groups is 2. The van der Waals surface area contributed by atoms with Crippen LogP contribution in [0.25, 0.3) is 0 Å². The van der Waals surface area contributed by atoms with E-state index in [9.17, 15) is 15.0 Å². The van der Waals surface area contributed by atoms with E-state index in [0.717, 1.165) is 5.56 Å². The maximum absolute atomic E-state index is 12.1. The smallest absolute Gasteiger partial charge is 0.261 e. The van der Waals surface area contributed by atoms with Gasteiger partial charge in [0, 0.05) is 19.2 Å². The highest BCUT2D eigenvalue weighted by molar-refractivity contribution is 5.99. The molecular formula is C13H13NO4. The van der Waals surface area contributed by atoms with E-state index in [4.69, 9.17) is 4.42 Å². The molecule has 0 saturated carbocycles. The molecule has 94 valence electrons. The first-order chi connectivity index (χ1) is 8.59. The summed E-state index contributed by atoms with van der Waals surface area (Å²) in [5.74, 6) is -0.926. The first kappa shape index (κ1) is 12.0. The molecule has 0 aliphatic carbocycles. The van der Waals surface area contributed by atoms with Gasteiger partial charge >= 0.3 is 0 Å². The second kappa shape index (κ2) is 4.83. The number of rotatable bonds is 3. The molecule has 2 N–H and O–H groups in total. The standard InChI is InChI=1S/C13H13NO4/c1-14(7-9-5-6-18-8-9)13(17)12-10(15)3-2-4-11(12)16/h2-6,8,15-16H,7H2,1H3. The summed E-state index contributed by atoms with van der Waals surface area (Å²) in [7, 11) is 1.58. The Kier molecular flexibility index (Phi) is 3.23. The van der Waals surface area contributed by atoms with Gasteiger partial charge in [-0.3, -0.25) is 4.79 Å². The third-order valence-electron chi connectivity index (χ3n) is 2.58. The largest absolute Gasteiger partial charge is 0.507 e. The minimum Gasteiger partial charge on any atom is -0.507 e. The van der Waals surface area contributed by atoms with Gasteiger partial charge in [-0.1, -0.05) is 6.07 Å². The molecule has 2 rings (SSSR count). The maximum Gasteiger partial charge on any atom is 0.261 e. The number of hydrogen-bond donors (Lipinski definition) is 2. The predicted octanol–water partition coefficient (Wildman–Crippen LogP) is 1.96. The van der Waals surface area contributed by atoms with Crippen LogP contribution in [0.3, 0.4) is 0 Å². The topological polar surface area (TPSA) is 73.9 Å². The van der Waals surface area contributed by atoms with Gasteiger partial charge in [0.25, 0.3) is 5.91 Å². The first-order valence-electron chi connectivity index (χ1n) is 5.37. The molecule has 0 radical (unpaired) electrons. The minimum atomic E-state index is -0.452. The molecule has 1 amide bonds.